The van der Waals surface area contributed by atoms with Crippen LogP contribution in [-0.2, 0) is 4.74 Å². The lowest BCUT2D eigenvalue weighted by Crippen LogP contribution is -2.06. The Morgan fingerprint density at radius 1 is 1.47 bits per heavy atom. The third-order valence-electron chi connectivity index (χ3n) is 1.65. The van der Waals surface area contributed by atoms with Crippen LogP contribution >= 0.6 is 0 Å². The topological polar surface area (TPSA) is 61.5 Å². The van der Waals surface area contributed by atoms with Gasteiger partial charge in [-0.1, -0.05) is 0 Å². The van der Waals surface area contributed by atoms with Gasteiger partial charge in [-0.3, -0.25) is 0 Å². The zero-order valence-corrected chi connectivity index (χ0v) is 7.87. The van der Waals surface area contributed by atoms with Crippen LogP contribution in [0.2, 0.25) is 0 Å². The number of benzene rings is 1. The minimum atomic E-state index is -2.95. The second-order valence-electron chi connectivity index (χ2n) is 2.62. The van der Waals surface area contributed by atoms with Crippen molar-refractivity contribution >= 4 is 11.7 Å². The second kappa shape index (κ2) is 4.59. The molecule has 0 aliphatic carbocycles. The molecule has 0 bridgehead atoms. The molecule has 0 aromatic heterocycles. The molecule has 0 heterocycles. The van der Waals surface area contributed by atoms with E-state index in [0.717, 1.165) is 0 Å². The van der Waals surface area contributed by atoms with Crippen molar-refractivity contribution in [3.05, 3.63) is 23.8 Å². The molecule has 1 aromatic rings. The van der Waals surface area contributed by atoms with Crippen LogP contribution in [-0.4, -0.2) is 19.7 Å². The number of hydrogen-bond donors (Lipinski definition) is 1. The highest BCUT2D eigenvalue weighted by molar-refractivity contribution is 5.90. The fraction of sp³-hybridized carbons (Fsp3) is 0.222. The molecular weight excluding hydrogens is 208 g/mol. The standard InChI is InChI=1S/C9H9F2NO3/c1-14-8(13)5-2-3-7(6(12)4-5)15-9(10)11/h2-4,9H,12H2,1H3. The van der Waals surface area contributed by atoms with Crippen LogP contribution in [0.3, 0.4) is 0 Å². The summed E-state index contributed by atoms with van der Waals surface area (Å²) in [5, 5.41) is 0. The van der Waals surface area contributed by atoms with E-state index in [0.29, 0.717) is 0 Å². The minimum absolute atomic E-state index is 0.0433. The summed E-state index contributed by atoms with van der Waals surface area (Å²) >= 11 is 0. The van der Waals surface area contributed by atoms with Gasteiger partial charge in [0.1, 0.15) is 5.75 Å². The molecule has 82 valence electrons. The number of anilines is 1. The Hall–Kier alpha value is -1.85. The number of esters is 1. The number of nitrogen functional groups attached to an aromatic ring is 1. The Bertz CT molecular complexity index is 368. The number of nitrogens with two attached hydrogens (primary N) is 1. The Kier molecular flexibility index (Phi) is 3.43. The van der Waals surface area contributed by atoms with Crippen LogP contribution in [0.25, 0.3) is 0 Å². The number of carbonyl (C=O) groups is 1. The molecule has 1 rings (SSSR count). The largest absolute Gasteiger partial charge is 0.465 e. The zero-order valence-electron chi connectivity index (χ0n) is 7.87. The molecule has 0 saturated heterocycles. The van der Waals surface area contributed by atoms with E-state index in [-0.39, 0.29) is 17.0 Å². The summed E-state index contributed by atoms with van der Waals surface area (Å²) in [5.41, 5.74) is 5.53. The van der Waals surface area contributed by atoms with Crippen LogP contribution in [0.5, 0.6) is 5.75 Å². The van der Waals surface area contributed by atoms with Gasteiger partial charge in [-0.05, 0) is 18.2 Å². The third-order valence-corrected chi connectivity index (χ3v) is 1.65. The maximum atomic E-state index is 11.9. The summed E-state index contributed by atoms with van der Waals surface area (Å²) in [4.78, 5) is 11.0. The summed E-state index contributed by atoms with van der Waals surface area (Å²) in [6.07, 6.45) is 0. The summed E-state index contributed by atoms with van der Waals surface area (Å²) in [7, 11) is 1.21. The molecule has 2 N–H and O–H groups in total. The molecule has 15 heavy (non-hydrogen) atoms. The summed E-state index contributed by atoms with van der Waals surface area (Å²) < 4.78 is 32.2. The first-order valence-corrected chi connectivity index (χ1v) is 3.97. The second-order valence-corrected chi connectivity index (χ2v) is 2.62. The SMILES string of the molecule is COC(=O)c1ccc(OC(F)F)c(N)c1. The normalized spacial score (nSPS) is 10.1. The number of methoxy groups -OCH3 is 1. The third kappa shape index (κ3) is 2.80. The van der Waals surface area contributed by atoms with Crippen LogP contribution in [0.4, 0.5) is 14.5 Å². The molecule has 0 aliphatic rings. The highest BCUT2D eigenvalue weighted by Crippen LogP contribution is 2.24. The predicted octanol–water partition coefficient (Wildman–Crippen LogP) is 1.66. The van der Waals surface area contributed by atoms with Crippen molar-refractivity contribution in [3.63, 3.8) is 0 Å². The maximum absolute atomic E-state index is 11.9. The van der Waals surface area contributed by atoms with Crippen molar-refractivity contribution in [2.75, 3.05) is 12.8 Å². The van der Waals surface area contributed by atoms with Gasteiger partial charge >= 0.3 is 12.6 Å². The van der Waals surface area contributed by atoms with E-state index in [1.54, 1.807) is 0 Å². The van der Waals surface area contributed by atoms with Gasteiger partial charge in [-0.25, -0.2) is 4.79 Å². The average molecular weight is 217 g/mol. The highest BCUT2D eigenvalue weighted by atomic mass is 19.3. The van der Waals surface area contributed by atoms with Gasteiger partial charge < -0.3 is 15.2 Å². The molecule has 4 nitrogen and oxygen atoms in total. The van der Waals surface area contributed by atoms with Crippen LogP contribution in [0.15, 0.2) is 18.2 Å². The lowest BCUT2D eigenvalue weighted by atomic mass is 10.2. The van der Waals surface area contributed by atoms with Crippen molar-refractivity contribution in [1.29, 1.82) is 0 Å². The molecule has 0 aliphatic heterocycles. The van der Waals surface area contributed by atoms with E-state index in [9.17, 15) is 13.6 Å². The Balaban J connectivity index is 2.93. The lowest BCUT2D eigenvalue weighted by molar-refractivity contribution is -0.0493. The van der Waals surface area contributed by atoms with E-state index in [1.165, 1.54) is 25.3 Å². The smallest absolute Gasteiger partial charge is 0.387 e. The molecule has 0 unspecified atom stereocenters. The molecule has 1 aromatic carbocycles. The van der Waals surface area contributed by atoms with Crippen molar-refractivity contribution in [2.24, 2.45) is 0 Å². The zero-order chi connectivity index (χ0) is 11.4. The van der Waals surface area contributed by atoms with Gasteiger partial charge in [0.25, 0.3) is 0 Å². The van der Waals surface area contributed by atoms with E-state index in [2.05, 4.69) is 9.47 Å². The Morgan fingerprint density at radius 3 is 2.60 bits per heavy atom. The predicted molar refractivity (Wildman–Crippen MR) is 48.8 cm³/mol. The number of halogens is 2. The Labute approximate surface area is 84.6 Å². The summed E-state index contributed by atoms with van der Waals surface area (Å²) in [6.45, 7) is -2.95. The molecule has 0 fully saturated rings. The molecule has 0 radical (unpaired) electrons. The molecule has 6 heteroatoms. The minimum Gasteiger partial charge on any atom is -0.465 e. The monoisotopic (exact) mass is 217 g/mol. The number of rotatable bonds is 3. The van der Waals surface area contributed by atoms with Gasteiger partial charge in [0.05, 0.1) is 18.4 Å². The number of ether oxygens (including phenoxy) is 2. The highest BCUT2D eigenvalue weighted by Gasteiger charge is 2.11. The van der Waals surface area contributed by atoms with Gasteiger partial charge in [0.15, 0.2) is 0 Å². The first-order chi connectivity index (χ1) is 7.04. The van der Waals surface area contributed by atoms with Gasteiger partial charge in [-0.15, -0.1) is 0 Å². The maximum Gasteiger partial charge on any atom is 0.387 e. The number of alkyl halides is 2. The lowest BCUT2D eigenvalue weighted by Gasteiger charge is -2.08. The van der Waals surface area contributed by atoms with E-state index in [1.807, 2.05) is 0 Å². The molecular formula is C9H9F2NO3. The fourth-order valence-corrected chi connectivity index (χ4v) is 0.997. The molecule has 0 amide bonds. The number of carbonyl (C=O) groups excluding carboxylic acids is 1. The summed E-state index contributed by atoms with van der Waals surface area (Å²) in [6, 6.07) is 3.69. The van der Waals surface area contributed by atoms with E-state index >= 15 is 0 Å². The van der Waals surface area contributed by atoms with Crippen LogP contribution in [0.1, 0.15) is 10.4 Å². The molecule has 0 spiro atoms. The van der Waals surface area contributed by atoms with Gasteiger partial charge in [0.2, 0.25) is 0 Å². The molecule has 0 atom stereocenters. The van der Waals surface area contributed by atoms with Gasteiger partial charge in [0, 0.05) is 0 Å². The number of hydrogen-bond acceptors (Lipinski definition) is 4. The first kappa shape index (κ1) is 11.2. The van der Waals surface area contributed by atoms with Crippen molar-refractivity contribution in [1.82, 2.24) is 0 Å². The van der Waals surface area contributed by atoms with E-state index in [4.69, 9.17) is 5.73 Å². The van der Waals surface area contributed by atoms with Gasteiger partial charge in [-0.2, -0.15) is 8.78 Å². The van der Waals surface area contributed by atoms with Crippen molar-refractivity contribution in [2.45, 2.75) is 6.61 Å². The first-order valence-electron chi connectivity index (χ1n) is 3.97. The Morgan fingerprint density at radius 2 is 2.13 bits per heavy atom. The average Bonchev–Trinajstić information content (AvgIpc) is 2.19. The molecule has 0 saturated carbocycles. The fourth-order valence-electron chi connectivity index (χ4n) is 0.997. The van der Waals surface area contributed by atoms with Crippen LogP contribution < -0.4 is 10.5 Å². The van der Waals surface area contributed by atoms with Crippen molar-refractivity contribution in [3.8, 4) is 5.75 Å². The van der Waals surface area contributed by atoms with Crippen molar-refractivity contribution < 1.29 is 23.0 Å². The van der Waals surface area contributed by atoms with E-state index < -0.39 is 12.6 Å². The summed E-state index contributed by atoms with van der Waals surface area (Å²) in [5.74, 6) is -0.761. The van der Waals surface area contributed by atoms with Crippen LogP contribution in [0, 0.1) is 0 Å². The quantitative estimate of drug-likeness (QED) is 0.617.